The van der Waals surface area contributed by atoms with E-state index >= 15 is 0 Å². The van der Waals surface area contributed by atoms with E-state index in [1.54, 1.807) is 14.2 Å². The predicted octanol–water partition coefficient (Wildman–Crippen LogP) is 6.19. The molecule has 2 N–H and O–H groups in total. The Bertz CT molecular complexity index is 1540. The van der Waals surface area contributed by atoms with Gasteiger partial charge >= 0.3 is 6.03 Å². The Morgan fingerprint density at radius 3 is 2.68 bits per heavy atom. The molecule has 2 heterocycles. The Hall–Kier alpha value is -4.24. The zero-order valence-corrected chi connectivity index (χ0v) is 23.5. The molecule has 9 heteroatoms. The number of carbonyl (C=O) groups is 1. The zero-order chi connectivity index (χ0) is 28.9. The van der Waals surface area contributed by atoms with Crippen LogP contribution in [0, 0.1) is 18.6 Å². The van der Waals surface area contributed by atoms with Crippen molar-refractivity contribution in [1.82, 2.24) is 15.2 Å². The number of hydrogen-bond donors (Lipinski definition) is 2. The van der Waals surface area contributed by atoms with Gasteiger partial charge < -0.3 is 20.1 Å². The number of benzene rings is 3. The summed E-state index contributed by atoms with van der Waals surface area (Å²) in [5.74, 6) is 0.282. The molecule has 0 aliphatic carbocycles. The number of pyridine rings is 1. The number of hydrogen-bond acceptors (Lipinski definition) is 5. The van der Waals surface area contributed by atoms with Gasteiger partial charge in [0.2, 0.25) is 0 Å². The van der Waals surface area contributed by atoms with Gasteiger partial charge in [0, 0.05) is 54.5 Å². The molecule has 214 valence electrons. The van der Waals surface area contributed by atoms with Crippen molar-refractivity contribution in [2.45, 2.75) is 32.2 Å². The summed E-state index contributed by atoms with van der Waals surface area (Å²) in [5.41, 5.74) is 4.95. The van der Waals surface area contributed by atoms with Crippen LogP contribution in [0.25, 0.3) is 10.9 Å². The third kappa shape index (κ3) is 6.41. The fraction of sp³-hybridized carbons (Fsp3) is 0.312. The Kier molecular flexibility index (Phi) is 8.64. The number of para-hydroxylation sites is 1. The minimum atomic E-state index is -0.594. The molecule has 7 nitrogen and oxygen atoms in total. The van der Waals surface area contributed by atoms with E-state index in [4.69, 9.17) is 9.47 Å². The number of ether oxygens (including phenoxy) is 2. The smallest absolute Gasteiger partial charge is 0.319 e. The minimum Gasteiger partial charge on any atom is -0.497 e. The number of fused-ring (bicyclic) bond motifs is 2. The first-order valence-electron chi connectivity index (χ1n) is 13.7. The lowest BCUT2D eigenvalue weighted by Gasteiger charge is -2.38. The molecule has 0 spiro atoms. The summed E-state index contributed by atoms with van der Waals surface area (Å²) in [5, 5.41) is 6.81. The maximum Gasteiger partial charge on any atom is 0.319 e. The van der Waals surface area contributed by atoms with Gasteiger partial charge in [0.1, 0.15) is 23.1 Å². The summed E-state index contributed by atoms with van der Waals surface area (Å²) in [6, 6.07) is 16.7. The molecule has 5 rings (SSSR count). The van der Waals surface area contributed by atoms with Crippen LogP contribution in [0.2, 0.25) is 0 Å². The third-order valence-corrected chi connectivity index (χ3v) is 7.58. The number of halogens is 2. The number of amides is 2. The molecule has 0 saturated heterocycles. The number of aryl methyl sites for hydroxylation is 2. The van der Waals surface area contributed by atoms with Gasteiger partial charge in [-0.25, -0.2) is 13.6 Å². The van der Waals surface area contributed by atoms with Crippen molar-refractivity contribution in [1.29, 1.82) is 0 Å². The van der Waals surface area contributed by atoms with Gasteiger partial charge in [0.05, 0.1) is 25.4 Å². The van der Waals surface area contributed by atoms with E-state index in [2.05, 4.69) is 20.5 Å². The van der Waals surface area contributed by atoms with Crippen LogP contribution in [-0.2, 0) is 12.8 Å². The summed E-state index contributed by atoms with van der Waals surface area (Å²) in [6.07, 6.45) is 1.79. The molecule has 0 fully saturated rings. The Morgan fingerprint density at radius 2 is 1.90 bits per heavy atom. The van der Waals surface area contributed by atoms with Crippen molar-refractivity contribution in [2.75, 3.05) is 39.2 Å². The standard InChI is InChI=1S/C32H34F2N4O3/c1-20-16-28(25-6-4-5-7-27(25)36-20)37-32(39)35-13-15-38-14-12-22-17-24(40-2)19-30(41-3)31(22)29(38)11-9-21-8-10-23(33)18-26(21)34/h4-8,10,16-19,29H,9,11-15H2,1-3H3,(H2,35,36,37,39). The van der Waals surface area contributed by atoms with Crippen LogP contribution in [0.3, 0.4) is 0 Å². The van der Waals surface area contributed by atoms with Crippen molar-refractivity contribution in [2.24, 2.45) is 0 Å². The number of nitrogens with one attached hydrogen (secondary N) is 2. The van der Waals surface area contributed by atoms with Crippen molar-refractivity contribution in [3.05, 3.63) is 94.7 Å². The van der Waals surface area contributed by atoms with Crippen molar-refractivity contribution >= 4 is 22.6 Å². The van der Waals surface area contributed by atoms with Gasteiger partial charge in [-0.2, -0.15) is 0 Å². The molecule has 41 heavy (non-hydrogen) atoms. The summed E-state index contributed by atoms with van der Waals surface area (Å²) < 4.78 is 39.2. The molecule has 1 aliphatic rings. The molecular formula is C32H34F2N4O3. The average Bonchev–Trinajstić information content (AvgIpc) is 2.96. The van der Waals surface area contributed by atoms with Crippen LogP contribution in [-0.4, -0.2) is 49.8 Å². The second kappa shape index (κ2) is 12.5. The van der Waals surface area contributed by atoms with Crippen LogP contribution in [0.5, 0.6) is 11.5 Å². The lowest BCUT2D eigenvalue weighted by Crippen LogP contribution is -2.42. The molecule has 1 aromatic heterocycles. The van der Waals surface area contributed by atoms with Crippen LogP contribution < -0.4 is 20.1 Å². The van der Waals surface area contributed by atoms with E-state index in [9.17, 15) is 13.6 Å². The molecule has 0 radical (unpaired) electrons. The first kappa shape index (κ1) is 28.3. The number of rotatable bonds is 9. The fourth-order valence-electron chi connectivity index (χ4n) is 5.63. The van der Waals surface area contributed by atoms with E-state index in [-0.39, 0.29) is 12.1 Å². The maximum absolute atomic E-state index is 14.5. The highest BCUT2D eigenvalue weighted by molar-refractivity contribution is 6.00. The number of aromatic nitrogens is 1. The molecule has 0 saturated carbocycles. The van der Waals surface area contributed by atoms with Gasteiger partial charge in [-0.3, -0.25) is 9.88 Å². The van der Waals surface area contributed by atoms with Crippen molar-refractivity contribution in [3.8, 4) is 11.5 Å². The molecule has 3 aromatic carbocycles. The van der Waals surface area contributed by atoms with Crippen molar-refractivity contribution < 1.29 is 23.0 Å². The lowest BCUT2D eigenvalue weighted by atomic mass is 9.87. The number of urea groups is 1. The Labute approximate surface area is 238 Å². The van der Waals surface area contributed by atoms with E-state index in [0.29, 0.717) is 42.9 Å². The summed E-state index contributed by atoms with van der Waals surface area (Å²) in [4.78, 5) is 19.7. The van der Waals surface area contributed by atoms with Crippen LogP contribution in [0.4, 0.5) is 19.3 Å². The second-order valence-electron chi connectivity index (χ2n) is 10.2. The quantitative estimate of drug-likeness (QED) is 0.255. The maximum atomic E-state index is 14.5. The topological polar surface area (TPSA) is 75.7 Å². The first-order chi connectivity index (χ1) is 19.9. The summed E-state index contributed by atoms with van der Waals surface area (Å²) in [7, 11) is 3.25. The summed E-state index contributed by atoms with van der Waals surface area (Å²) in [6.45, 7) is 3.63. The van der Waals surface area contributed by atoms with Gasteiger partial charge in [-0.05, 0) is 61.6 Å². The molecule has 1 atom stereocenters. The average molecular weight is 561 g/mol. The van der Waals surface area contributed by atoms with Gasteiger partial charge in [-0.15, -0.1) is 0 Å². The number of carbonyl (C=O) groups excluding carboxylic acids is 1. The predicted molar refractivity (Wildman–Crippen MR) is 156 cm³/mol. The van der Waals surface area contributed by atoms with Gasteiger partial charge in [0.15, 0.2) is 0 Å². The largest absolute Gasteiger partial charge is 0.497 e. The highest BCUT2D eigenvalue weighted by atomic mass is 19.1. The van der Waals surface area contributed by atoms with Gasteiger partial charge in [-0.1, -0.05) is 24.3 Å². The highest BCUT2D eigenvalue weighted by Gasteiger charge is 2.31. The van der Waals surface area contributed by atoms with E-state index in [1.165, 1.54) is 12.1 Å². The second-order valence-corrected chi connectivity index (χ2v) is 10.2. The summed E-state index contributed by atoms with van der Waals surface area (Å²) >= 11 is 0. The van der Waals surface area contributed by atoms with E-state index < -0.39 is 11.6 Å². The van der Waals surface area contributed by atoms with Crippen LogP contribution in [0.15, 0.2) is 60.7 Å². The SMILES string of the molecule is COc1cc2c(c(OC)c1)C(CCc1ccc(F)cc1F)N(CCNC(=O)Nc1cc(C)nc3ccccc13)CC2. The first-order valence-corrected chi connectivity index (χ1v) is 13.7. The van der Waals surface area contributed by atoms with E-state index in [0.717, 1.165) is 52.5 Å². The Balaban J connectivity index is 1.31. The molecular weight excluding hydrogens is 526 g/mol. The normalized spacial score (nSPS) is 14.9. The van der Waals surface area contributed by atoms with Crippen LogP contribution >= 0.6 is 0 Å². The van der Waals surface area contributed by atoms with Crippen molar-refractivity contribution in [3.63, 3.8) is 0 Å². The monoisotopic (exact) mass is 560 g/mol. The zero-order valence-electron chi connectivity index (χ0n) is 23.5. The number of nitrogens with zero attached hydrogens (tertiary/aromatic N) is 2. The molecule has 1 aliphatic heterocycles. The van der Waals surface area contributed by atoms with Gasteiger partial charge in [0.25, 0.3) is 0 Å². The highest BCUT2D eigenvalue weighted by Crippen LogP contribution is 2.41. The van der Waals surface area contributed by atoms with E-state index in [1.807, 2.05) is 49.4 Å². The fourth-order valence-corrected chi connectivity index (χ4v) is 5.63. The Morgan fingerprint density at radius 1 is 1.07 bits per heavy atom. The molecule has 2 amide bonds. The lowest BCUT2D eigenvalue weighted by molar-refractivity contribution is 0.172. The molecule has 4 aromatic rings. The number of anilines is 1. The number of methoxy groups -OCH3 is 2. The minimum absolute atomic E-state index is 0.0966. The molecule has 0 bridgehead atoms. The molecule has 1 unspecified atom stereocenters. The van der Waals surface area contributed by atoms with Crippen LogP contribution in [0.1, 0.15) is 34.8 Å². The third-order valence-electron chi connectivity index (χ3n) is 7.58.